The highest BCUT2D eigenvalue weighted by Gasteiger charge is 2.22. The lowest BCUT2D eigenvalue weighted by Gasteiger charge is -2.23. The Kier molecular flexibility index (Phi) is 7.34. The van der Waals surface area contributed by atoms with Gasteiger partial charge in [0, 0.05) is 24.7 Å². The minimum absolute atomic E-state index is 0.00227. The molecule has 1 fully saturated rings. The fourth-order valence-corrected chi connectivity index (χ4v) is 5.47. The van der Waals surface area contributed by atoms with Gasteiger partial charge in [0.2, 0.25) is 16.0 Å². The molecule has 4 rings (SSSR count). The molecule has 0 radical (unpaired) electrons. The van der Waals surface area contributed by atoms with Gasteiger partial charge in [-0.3, -0.25) is 0 Å². The first-order valence-electron chi connectivity index (χ1n) is 11.7. The Morgan fingerprint density at radius 1 is 1.21 bits per heavy atom. The van der Waals surface area contributed by atoms with Gasteiger partial charge in [-0.2, -0.15) is 19.6 Å². The van der Waals surface area contributed by atoms with Gasteiger partial charge in [0.15, 0.2) is 5.65 Å². The zero-order valence-electron chi connectivity index (χ0n) is 20.1. The van der Waals surface area contributed by atoms with Gasteiger partial charge in [-0.1, -0.05) is 32.0 Å². The maximum atomic E-state index is 12.8. The van der Waals surface area contributed by atoms with Crippen LogP contribution in [0.15, 0.2) is 35.4 Å². The number of anilines is 1. The largest absolute Gasteiger partial charge is 0.459 e. The van der Waals surface area contributed by atoms with Crippen molar-refractivity contribution in [3.8, 4) is 6.01 Å². The van der Waals surface area contributed by atoms with Gasteiger partial charge in [-0.15, -0.1) is 0 Å². The molecular formula is C23H33N7O3S. The molecule has 11 heteroatoms. The van der Waals surface area contributed by atoms with E-state index < -0.39 is 10.0 Å². The van der Waals surface area contributed by atoms with Crippen molar-refractivity contribution in [2.45, 2.75) is 70.0 Å². The number of nitrogens with zero attached hydrogens (tertiary/aromatic N) is 4. The van der Waals surface area contributed by atoms with Crippen molar-refractivity contribution in [3.05, 3.63) is 41.6 Å². The Bertz CT molecular complexity index is 1230. The number of sulfonamides is 1. The summed E-state index contributed by atoms with van der Waals surface area (Å²) in [5, 5.41) is 11.1. The molecule has 1 aromatic carbocycles. The van der Waals surface area contributed by atoms with Crippen LogP contribution < -0.4 is 20.1 Å². The fraction of sp³-hybridized carbons (Fsp3) is 0.522. The van der Waals surface area contributed by atoms with Crippen LogP contribution in [-0.2, 0) is 16.6 Å². The third-order valence-corrected chi connectivity index (χ3v) is 7.37. The maximum absolute atomic E-state index is 12.8. The van der Waals surface area contributed by atoms with E-state index in [0.29, 0.717) is 17.2 Å². The minimum atomic E-state index is -3.65. The van der Waals surface area contributed by atoms with Gasteiger partial charge >= 0.3 is 6.01 Å². The summed E-state index contributed by atoms with van der Waals surface area (Å²) < 4.78 is 36.1. The molecular weight excluding hydrogens is 454 g/mol. The van der Waals surface area contributed by atoms with Crippen molar-refractivity contribution < 1.29 is 13.2 Å². The normalized spacial score (nSPS) is 16.9. The first-order chi connectivity index (χ1) is 16.2. The number of benzene rings is 1. The molecule has 1 atom stereocenters. The molecule has 0 bridgehead atoms. The van der Waals surface area contributed by atoms with E-state index in [0.717, 1.165) is 31.5 Å². The Hall–Kier alpha value is -2.76. The molecule has 0 amide bonds. The standard InChI is InChI=1S/C23H33N7O3S/c1-15(2)19-14-26-30-21(19)27-23(33-18-9-7-11-24-13-18)28-22(30)25-12-17-8-5-6-10-20(17)34(31,32)29-16(3)4/h5-6,8,10,14-16,18,24,29H,7,9,11-13H2,1-4H3,(H,25,27,28). The molecule has 10 nitrogen and oxygen atoms in total. The van der Waals surface area contributed by atoms with E-state index in [1.807, 2.05) is 6.07 Å². The van der Waals surface area contributed by atoms with Gasteiger partial charge in [-0.05, 0) is 50.8 Å². The summed E-state index contributed by atoms with van der Waals surface area (Å²) >= 11 is 0. The van der Waals surface area contributed by atoms with E-state index in [4.69, 9.17) is 4.74 Å². The molecule has 0 aliphatic carbocycles. The highest BCUT2D eigenvalue weighted by Crippen LogP contribution is 2.24. The smallest absolute Gasteiger partial charge is 0.322 e. The molecule has 3 aromatic rings. The van der Waals surface area contributed by atoms with Crippen LogP contribution in [0.3, 0.4) is 0 Å². The summed E-state index contributed by atoms with van der Waals surface area (Å²) in [7, 11) is -3.65. The fourth-order valence-electron chi connectivity index (χ4n) is 3.98. The summed E-state index contributed by atoms with van der Waals surface area (Å²) in [6.07, 6.45) is 3.77. The molecule has 3 N–H and O–H groups in total. The summed E-state index contributed by atoms with van der Waals surface area (Å²) in [5.41, 5.74) is 2.28. The first kappa shape index (κ1) is 24.4. The summed E-state index contributed by atoms with van der Waals surface area (Å²) in [4.78, 5) is 9.47. The maximum Gasteiger partial charge on any atom is 0.322 e. The van der Waals surface area contributed by atoms with Crippen LogP contribution in [0.4, 0.5) is 5.95 Å². The van der Waals surface area contributed by atoms with Crippen molar-refractivity contribution in [1.29, 1.82) is 0 Å². The second-order valence-corrected chi connectivity index (χ2v) is 10.8. The number of hydrogen-bond acceptors (Lipinski definition) is 8. The molecule has 0 spiro atoms. The first-order valence-corrected chi connectivity index (χ1v) is 13.2. The highest BCUT2D eigenvalue weighted by molar-refractivity contribution is 7.89. The minimum Gasteiger partial charge on any atom is -0.459 e. The number of rotatable bonds is 9. The second-order valence-electron chi connectivity index (χ2n) is 9.14. The topological polar surface area (TPSA) is 123 Å². The Balaban J connectivity index is 1.66. The quantitative estimate of drug-likeness (QED) is 0.421. The molecule has 3 heterocycles. The van der Waals surface area contributed by atoms with Crippen LogP contribution in [0.25, 0.3) is 5.65 Å². The van der Waals surface area contributed by atoms with Crippen molar-refractivity contribution in [2.75, 3.05) is 18.4 Å². The number of aromatic nitrogens is 4. The van der Waals surface area contributed by atoms with Gasteiger partial charge in [-0.25, -0.2) is 13.1 Å². The van der Waals surface area contributed by atoms with Crippen LogP contribution in [0.2, 0.25) is 0 Å². The van der Waals surface area contributed by atoms with Gasteiger partial charge in [0.1, 0.15) is 6.10 Å². The molecule has 1 aliphatic heterocycles. The van der Waals surface area contributed by atoms with E-state index >= 15 is 0 Å². The molecule has 1 unspecified atom stereocenters. The highest BCUT2D eigenvalue weighted by atomic mass is 32.2. The van der Waals surface area contributed by atoms with Crippen LogP contribution >= 0.6 is 0 Å². The molecule has 1 saturated heterocycles. The predicted molar refractivity (Wildman–Crippen MR) is 131 cm³/mol. The van der Waals surface area contributed by atoms with Gasteiger partial charge in [0.25, 0.3) is 0 Å². The van der Waals surface area contributed by atoms with Crippen molar-refractivity contribution >= 4 is 21.6 Å². The lowest BCUT2D eigenvalue weighted by molar-refractivity contribution is 0.153. The van der Waals surface area contributed by atoms with E-state index in [2.05, 4.69) is 44.3 Å². The summed E-state index contributed by atoms with van der Waals surface area (Å²) in [6, 6.07) is 7.00. The Morgan fingerprint density at radius 2 is 2.00 bits per heavy atom. The summed E-state index contributed by atoms with van der Waals surface area (Å²) in [6.45, 7) is 9.74. The lowest BCUT2D eigenvalue weighted by Crippen LogP contribution is -2.37. The molecule has 0 saturated carbocycles. The average Bonchev–Trinajstić information content (AvgIpc) is 3.22. The SMILES string of the molecule is CC(C)NS(=O)(=O)c1ccccc1CNc1nc(OC2CCCNC2)nc2c(C(C)C)cnn12. The monoisotopic (exact) mass is 487 g/mol. The van der Waals surface area contributed by atoms with Crippen LogP contribution in [-0.4, -0.2) is 53.2 Å². The molecule has 34 heavy (non-hydrogen) atoms. The van der Waals surface area contributed by atoms with Crippen molar-refractivity contribution in [3.63, 3.8) is 0 Å². The number of nitrogens with one attached hydrogen (secondary N) is 3. The van der Waals surface area contributed by atoms with E-state index in [1.165, 1.54) is 0 Å². The van der Waals surface area contributed by atoms with Crippen LogP contribution in [0, 0.1) is 0 Å². The second kappa shape index (κ2) is 10.2. The van der Waals surface area contributed by atoms with E-state index in [1.54, 1.807) is 42.8 Å². The number of hydrogen-bond donors (Lipinski definition) is 3. The number of fused-ring (bicyclic) bond motifs is 1. The molecule has 1 aliphatic rings. The van der Waals surface area contributed by atoms with E-state index in [-0.39, 0.29) is 35.5 Å². The van der Waals surface area contributed by atoms with Crippen LogP contribution in [0.5, 0.6) is 6.01 Å². The Morgan fingerprint density at radius 3 is 2.71 bits per heavy atom. The van der Waals surface area contributed by atoms with Crippen LogP contribution in [0.1, 0.15) is 57.6 Å². The van der Waals surface area contributed by atoms with E-state index in [9.17, 15) is 8.42 Å². The zero-order valence-corrected chi connectivity index (χ0v) is 20.9. The van der Waals surface area contributed by atoms with Crippen molar-refractivity contribution in [2.24, 2.45) is 0 Å². The molecule has 2 aromatic heterocycles. The number of ether oxygens (including phenoxy) is 1. The molecule has 184 valence electrons. The average molecular weight is 488 g/mol. The lowest BCUT2D eigenvalue weighted by atomic mass is 10.1. The summed E-state index contributed by atoms with van der Waals surface area (Å²) in [5.74, 6) is 0.664. The predicted octanol–water partition coefficient (Wildman–Crippen LogP) is 2.68. The van der Waals surface area contributed by atoms with Crippen molar-refractivity contribution in [1.82, 2.24) is 29.6 Å². The third kappa shape index (κ3) is 5.48. The van der Waals surface area contributed by atoms with Gasteiger partial charge < -0.3 is 15.4 Å². The number of piperidine rings is 1. The Labute approximate surface area is 200 Å². The zero-order chi connectivity index (χ0) is 24.3. The third-order valence-electron chi connectivity index (χ3n) is 5.61. The van der Waals surface area contributed by atoms with Gasteiger partial charge in [0.05, 0.1) is 11.1 Å².